The number of likely N-dealkylation sites (N-methyl/N-ethyl adjacent to an activating group) is 1. The molecule has 0 aliphatic rings. The third-order valence-electron chi connectivity index (χ3n) is 2.93. The van der Waals surface area contributed by atoms with E-state index in [-0.39, 0.29) is 30.9 Å². The summed E-state index contributed by atoms with van der Waals surface area (Å²) in [6.45, 7) is 0.511. The molecule has 5 nitrogen and oxygen atoms in total. The minimum Gasteiger partial charge on any atom is -0.481 e. The van der Waals surface area contributed by atoms with Crippen LogP contribution in [0.15, 0.2) is 24.3 Å². The molecule has 2 N–H and O–H groups in total. The molecule has 0 aromatic heterocycles. The van der Waals surface area contributed by atoms with E-state index in [1.165, 1.54) is 24.3 Å². The molecule has 0 saturated carbocycles. The summed E-state index contributed by atoms with van der Waals surface area (Å²) in [5, 5.41) is 17.7. The van der Waals surface area contributed by atoms with E-state index >= 15 is 0 Å². The molecular formula is C14H18FNO4. The summed E-state index contributed by atoms with van der Waals surface area (Å²) in [4.78, 5) is 24.8. The molecule has 0 bridgehead atoms. The Kier molecular flexibility index (Phi) is 6.27. The van der Waals surface area contributed by atoms with Crippen LogP contribution in [0.4, 0.5) is 4.39 Å². The van der Waals surface area contributed by atoms with Crippen molar-refractivity contribution in [3.63, 3.8) is 0 Å². The number of carboxylic acid groups (broad SMARTS) is 1. The first kappa shape index (κ1) is 16.3. The molecule has 0 amide bonds. The standard InChI is InChI=1S/C14H18FNO4/c1-16(6-7-17)9-11(8-13(18)19)14(20)10-2-4-12(15)5-3-10/h2-5,11,17H,6-9H2,1H3,(H,18,19). The number of hydrogen-bond donors (Lipinski definition) is 2. The summed E-state index contributed by atoms with van der Waals surface area (Å²) in [5.74, 6) is -2.58. The van der Waals surface area contributed by atoms with Crippen LogP contribution in [0.2, 0.25) is 0 Å². The molecule has 0 heterocycles. The molecule has 1 aromatic rings. The van der Waals surface area contributed by atoms with E-state index in [1.54, 1.807) is 11.9 Å². The van der Waals surface area contributed by atoms with Gasteiger partial charge in [-0.3, -0.25) is 9.59 Å². The quantitative estimate of drug-likeness (QED) is 0.697. The summed E-state index contributed by atoms with van der Waals surface area (Å²) in [5.41, 5.74) is 0.287. The van der Waals surface area contributed by atoms with Crippen LogP contribution in [0, 0.1) is 11.7 Å². The third-order valence-corrected chi connectivity index (χ3v) is 2.93. The van der Waals surface area contributed by atoms with Crippen LogP contribution in [0.25, 0.3) is 0 Å². The predicted octanol–water partition coefficient (Wildman–Crippen LogP) is 1.02. The van der Waals surface area contributed by atoms with E-state index in [9.17, 15) is 14.0 Å². The Balaban J connectivity index is 2.83. The molecule has 0 radical (unpaired) electrons. The maximum absolute atomic E-state index is 12.8. The van der Waals surface area contributed by atoms with E-state index in [0.717, 1.165) is 0 Å². The highest BCUT2D eigenvalue weighted by molar-refractivity contribution is 5.99. The van der Waals surface area contributed by atoms with Gasteiger partial charge in [-0.25, -0.2) is 4.39 Å². The predicted molar refractivity (Wildman–Crippen MR) is 71.1 cm³/mol. The molecule has 20 heavy (non-hydrogen) atoms. The summed E-state index contributed by atoms with van der Waals surface area (Å²) < 4.78 is 12.8. The van der Waals surface area contributed by atoms with Crippen LogP contribution in [0.1, 0.15) is 16.8 Å². The monoisotopic (exact) mass is 283 g/mol. The Morgan fingerprint density at radius 2 is 1.90 bits per heavy atom. The number of nitrogens with zero attached hydrogens (tertiary/aromatic N) is 1. The van der Waals surface area contributed by atoms with Gasteiger partial charge in [-0.1, -0.05) is 0 Å². The minimum absolute atomic E-state index is 0.0684. The van der Waals surface area contributed by atoms with Crippen molar-refractivity contribution in [2.24, 2.45) is 5.92 Å². The average Bonchev–Trinajstić information content (AvgIpc) is 2.38. The highest BCUT2D eigenvalue weighted by atomic mass is 19.1. The van der Waals surface area contributed by atoms with Crippen LogP contribution < -0.4 is 0 Å². The number of benzene rings is 1. The van der Waals surface area contributed by atoms with Gasteiger partial charge in [0, 0.05) is 24.6 Å². The van der Waals surface area contributed by atoms with Crippen molar-refractivity contribution in [1.82, 2.24) is 4.90 Å². The molecule has 1 aromatic carbocycles. The fourth-order valence-corrected chi connectivity index (χ4v) is 1.94. The van der Waals surface area contributed by atoms with Crippen LogP contribution in [-0.4, -0.2) is 53.6 Å². The second-order valence-corrected chi connectivity index (χ2v) is 4.65. The number of ketones is 1. The number of rotatable bonds is 8. The fraction of sp³-hybridized carbons (Fsp3) is 0.429. The van der Waals surface area contributed by atoms with Gasteiger partial charge in [-0.15, -0.1) is 0 Å². The van der Waals surface area contributed by atoms with Gasteiger partial charge in [0.05, 0.1) is 13.0 Å². The summed E-state index contributed by atoms with van der Waals surface area (Å²) in [6.07, 6.45) is -0.300. The zero-order valence-corrected chi connectivity index (χ0v) is 11.3. The SMILES string of the molecule is CN(CCO)CC(CC(=O)O)C(=O)c1ccc(F)cc1. The number of aliphatic hydroxyl groups excluding tert-OH is 1. The molecule has 0 spiro atoms. The molecule has 0 saturated heterocycles. The van der Waals surface area contributed by atoms with Crippen molar-refractivity contribution in [3.05, 3.63) is 35.6 Å². The Morgan fingerprint density at radius 1 is 1.30 bits per heavy atom. The Labute approximate surface area is 116 Å². The van der Waals surface area contributed by atoms with Crippen molar-refractivity contribution in [2.45, 2.75) is 6.42 Å². The van der Waals surface area contributed by atoms with Gasteiger partial charge in [0.25, 0.3) is 0 Å². The molecule has 0 fully saturated rings. The van der Waals surface area contributed by atoms with Gasteiger partial charge >= 0.3 is 5.97 Å². The lowest BCUT2D eigenvalue weighted by Gasteiger charge is -2.21. The number of hydrogen-bond acceptors (Lipinski definition) is 4. The first-order valence-corrected chi connectivity index (χ1v) is 6.25. The fourth-order valence-electron chi connectivity index (χ4n) is 1.94. The van der Waals surface area contributed by atoms with Gasteiger partial charge in [-0.05, 0) is 31.3 Å². The molecule has 1 unspecified atom stereocenters. The molecule has 1 atom stereocenters. The number of carbonyl (C=O) groups excluding carboxylic acids is 1. The zero-order chi connectivity index (χ0) is 15.1. The smallest absolute Gasteiger partial charge is 0.304 e. The maximum atomic E-state index is 12.8. The first-order valence-electron chi connectivity index (χ1n) is 6.25. The van der Waals surface area contributed by atoms with Crippen molar-refractivity contribution in [3.8, 4) is 0 Å². The first-order chi connectivity index (χ1) is 9.43. The van der Waals surface area contributed by atoms with Crippen LogP contribution in [0.5, 0.6) is 0 Å². The number of aliphatic hydroxyl groups is 1. The lowest BCUT2D eigenvalue weighted by Crippen LogP contribution is -2.33. The Bertz CT molecular complexity index is 461. The second-order valence-electron chi connectivity index (χ2n) is 4.65. The Hall–Kier alpha value is -1.79. The van der Waals surface area contributed by atoms with E-state index in [0.29, 0.717) is 6.54 Å². The van der Waals surface area contributed by atoms with Gasteiger partial charge < -0.3 is 15.1 Å². The van der Waals surface area contributed by atoms with Crippen LogP contribution >= 0.6 is 0 Å². The number of halogens is 1. The summed E-state index contributed by atoms with van der Waals surface area (Å²) >= 11 is 0. The van der Waals surface area contributed by atoms with E-state index in [4.69, 9.17) is 10.2 Å². The van der Waals surface area contributed by atoms with Gasteiger partial charge in [0.1, 0.15) is 5.82 Å². The highest BCUT2D eigenvalue weighted by Crippen LogP contribution is 2.15. The van der Waals surface area contributed by atoms with Gasteiger partial charge in [0.15, 0.2) is 5.78 Å². The Morgan fingerprint density at radius 3 is 2.40 bits per heavy atom. The lowest BCUT2D eigenvalue weighted by atomic mass is 9.94. The topological polar surface area (TPSA) is 77.8 Å². The lowest BCUT2D eigenvalue weighted by molar-refractivity contribution is -0.137. The minimum atomic E-state index is -1.07. The van der Waals surface area contributed by atoms with Crippen molar-refractivity contribution >= 4 is 11.8 Å². The average molecular weight is 283 g/mol. The van der Waals surface area contributed by atoms with Crippen molar-refractivity contribution < 1.29 is 24.2 Å². The molecule has 6 heteroatoms. The summed E-state index contributed by atoms with van der Waals surface area (Å²) in [6, 6.07) is 5.03. The number of carboxylic acids is 1. The van der Waals surface area contributed by atoms with Gasteiger partial charge in [0.2, 0.25) is 0 Å². The largest absolute Gasteiger partial charge is 0.481 e. The number of aliphatic carboxylic acids is 1. The van der Waals surface area contributed by atoms with E-state index < -0.39 is 17.7 Å². The van der Waals surface area contributed by atoms with Crippen molar-refractivity contribution in [1.29, 1.82) is 0 Å². The second kappa shape index (κ2) is 7.72. The summed E-state index contributed by atoms with van der Waals surface area (Å²) in [7, 11) is 1.70. The van der Waals surface area contributed by atoms with E-state index in [1.807, 2.05) is 0 Å². The van der Waals surface area contributed by atoms with Crippen molar-refractivity contribution in [2.75, 3.05) is 26.7 Å². The van der Waals surface area contributed by atoms with Gasteiger partial charge in [-0.2, -0.15) is 0 Å². The maximum Gasteiger partial charge on any atom is 0.304 e. The number of carbonyl (C=O) groups is 2. The third kappa shape index (κ3) is 5.07. The van der Waals surface area contributed by atoms with Crippen LogP contribution in [-0.2, 0) is 4.79 Å². The molecule has 0 aliphatic carbocycles. The molecule has 110 valence electrons. The highest BCUT2D eigenvalue weighted by Gasteiger charge is 2.24. The van der Waals surface area contributed by atoms with E-state index in [2.05, 4.69) is 0 Å². The van der Waals surface area contributed by atoms with Crippen LogP contribution in [0.3, 0.4) is 0 Å². The molecular weight excluding hydrogens is 265 g/mol. The number of Topliss-reactive ketones (excluding diaryl/α,β-unsaturated/α-hetero) is 1. The zero-order valence-electron chi connectivity index (χ0n) is 11.3. The molecule has 0 aliphatic heterocycles. The molecule has 1 rings (SSSR count). The normalized spacial score (nSPS) is 12.4.